The van der Waals surface area contributed by atoms with Crippen LogP contribution in [0, 0.1) is 5.41 Å². The van der Waals surface area contributed by atoms with Crippen molar-refractivity contribution in [1.29, 1.82) is 0 Å². The average molecular weight is 185 g/mol. The molecule has 0 bridgehead atoms. The van der Waals surface area contributed by atoms with Crippen molar-refractivity contribution in [1.82, 2.24) is 5.32 Å². The zero-order valence-electron chi connectivity index (χ0n) is 8.05. The number of amides is 1. The molecule has 0 aromatic carbocycles. The van der Waals surface area contributed by atoms with Gasteiger partial charge in [0.05, 0.1) is 6.61 Å². The van der Waals surface area contributed by atoms with Crippen LogP contribution in [0.2, 0.25) is 0 Å². The molecule has 1 fully saturated rings. The van der Waals surface area contributed by atoms with E-state index in [0.717, 1.165) is 6.42 Å². The minimum atomic E-state index is -0.964. The number of hydrogen-bond acceptors (Lipinski definition) is 3. The number of ether oxygens (including phenoxy) is 1. The van der Waals surface area contributed by atoms with Crippen molar-refractivity contribution in [3.63, 3.8) is 0 Å². The molecule has 1 unspecified atom stereocenters. The lowest BCUT2D eigenvalue weighted by Gasteiger charge is -2.29. The standard InChI is InChI=1S/C9H15NO3/c1-3-13-8(12)9(2)5-4-6-10-7(9)11/h3-6H2,1-2H3,(H,10,11). The van der Waals surface area contributed by atoms with Crippen LogP contribution in [0.4, 0.5) is 0 Å². The summed E-state index contributed by atoms with van der Waals surface area (Å²) in [5.41, 5.74) is -0.964. The van der Waals surface area contributed by atoms with Crippen LogP contribution in [-0.2, 0) is 14.3 Å². The van der Waals surface area contributed by atoms with E-state index in [2.05, 4.69) is 5.32 Å². The molecule has 1 atom stereocenters. The molecule has 4 nitrogen and oxygen atoms in total. The van der Waals surface area contributed by atoms with E-state index < -0.39 is 11.4 Å². The predicted molar refractivity (Wildman–Crippen MR) is 47.0 cm³/mol. The van der Waals surface area contributed by atoms with Gasteiger partial charge in [-0.1, -0.05) is 0 Å². The molecule has 0 aromatic heterocycles. The van der Waals surface area contributed by atoms with E-state index in [1.54, 1.807) is 13.8 Å². The van der Waals surface area contributed by atoms with Crippen LogP contribution >= 0.6 is 0 Å². The number of nitrogens with one attached hydrogen (secondary N) is 1. The highest BCUT2D eigenvalue weighted by molar-refractivity contribution is 6.02. The maximum Gasteiger partial charge on any atom is 0.321 e. The Labute approximate surface area is 77.6 Å². The highest BCUT2D eigenvalue weighted by Gasteiger charge is 2.43. The molecular weight excluding hydrogens is 170 g/mol. The summed E-state index contributed by atoms with van der Waals surface area (Å²) in [6, 6.07) is 0. The van der Waals surface area contributed by atoms with E-state index in [0.29, 0.717) is 19.6 Å². The van der Waals surface area contributed by atoms with Gasteiger partial charge in [-0.2, -0.15) is 0 Å². The van der Waals surface area contributed by atoms with Gasteiger partial charge < -0.3 is 10.1 Å². The van der Waals surface area contributed by atoms with Crippen molar-refractivity contribution in [2.75, 3.05) is 13.2 Å². The summed E-state index contributed by atoms with van der Waals surface area (Å²) in [6.07, 6.45) is 1.42. The van der Waals surface area contributed by atoms with Gasteiger partial charge in [0.2, 0.25) is 5.91 Å². The average Bonchev–Trinajstić information content (AvgIpc) is 2.11. The Balaban J connectivity index is 2.71. The van der Waals surface area contributed by atoms with Crippen molar-refractivity contribution in [2.45, 2.75) is 26.7 Å². The first-order chi connectivity index (χ1) is 6.11. The monoisotopic (exact) mass is 185 g/mol. The lowest BCUT2D eigenvalue weighted by atomic mass is 9.82. The topological polar surface area (TPSA) is 55.4 Å². The van der Waals surface area contributed by atoms with Gasteiger partial charge in [-0.3, -0.25) is 9.59 Å². The molecule has 0 spiro atoms. The molecule has 1 N–H and O–H groups in total. The number of carbonyl (C=O) groups is 2. The Hall–Kier alpha value is -1.06. The van der Waals surface area contributed by atoms with Crippen molar-refractivity contribution in [3.8, 4) is 0 Å². The molecule has 0 saturated carbocycles. The molecule has 74 valence electrons. The second kappa shape index (κ2) is 3.77. The molecule has 0 aliphatic carbocycles. The molecule has 1 amide bonds. The minimum absolute atomic E-state index is 0.211. The largest absolute Gasteiger partial charge is 0.465 e. The molecule has 1 rings (SSSR count). The fourth-order valence-electron chi connectivity index (χ4n) is 1.44. The second-order valence-corrected chi connectivity index (χ2v) is 3.41. The normalized spacial score (nSPS) is 28.0. The number of rotatable bonds is 2. The SMILES string of the molecule is CCOC(=O)C1(C)CCCNC1=O. The lowest BCUT2D eigenvalue weighted by Crippen LogP contribution is -2.49. The fourth-order valence-corrected chi connectivity index (χ4v) is 1.44. The van der Waals surface area contributed by atoms with Crippen LogP contribution in [0.1, 0.15) is 26.7 Å². The van der Waals surface area contributed by atoms with Gasteiger partial charge in [0.1, 0.15) is 5.41 Å². The van der Waals surface area contributed by atoms with E-state index in [1.165, 1.54) is 0 Å². The van der Waals surface area contributed by atoms with Crippen molar-refractivity contribution >= 4 is 11.9 Å². The van der Waals surface area contributed by atoms with Crippen LogP contribution in [-0.4, -0.2) is 25.0 Å². The Bertz CT molecular complexity index is 227. The van der Waals surface area contributed by atoms with E-state index in [-0.39, 0.29) is 5.91 Å². The van der Waals surface area contributed by atoms with Gasteiger partial charge >= 0.3 is 5.97 Å². The van der Waals surface area contributed by atoms with Crippen LogP contribution in [0.15, 0.2) is 0 Å². The molecule has 1 heterocycles. The van der Waals surface area contributed by atoms with Crippen LogP contribution < -0.4 is 5.32 Å². The van der Waals surface area contributed by atoms with Gasteiger partial charge in [-0.05, 0) is 26.7 Å². The first-order valence-electron chi connectivity index (χ1n) is 4.57. The molecule has 0 radical (unpaired) electrons. The smallest absolute Gasteiger partial charge is 0.321 e. The molecular formula is C9H15NO3. The van der Waals surface area contributed by atoms with E-state index in [1.807, 2.05) is 0 Å². The van der Waals surface area contributed by atoms with Gasteiger partial charge in [0, 0.05) is 6.54 Å². The highest BCUT2D eigenvalue weighted by atomic mass is 16.5. The Morgan fingerprint density at radius 3 is 2.92 bits per heavy atom. The summed E-state index contributed by atoms with van der Waals surface area (Å²) in [6.45, 7) is 4.36. The fraction of sp³-hybridized carbons (Fsp3) is 0.778. The molecule has 4 heteroatoms. The Kier molecular flexibility index (Phi) is 2.90. The number of piperidine rings is 1. The predicted octanol–water partition coefficient (Wildman–Crippen LogP) is 0.466. The third kappa shape index (κ3) is 1.82. The summed E-state index contributed by atoms with van der Waals surface area (Å²) < 4.78 is 4.86. The van der Waals surface area contributed by atoms with Crippen LogP contribution in [0.3, 0.4) is 0 Å². The van der Waals surface area contributed by atoms with Crippen LogP contribution in [0.25, 0.3) is 0 Å². The summed E-state index contributed by atoms with van der Waals surface area (Å²) in [7, 11) is 0. The van der Waals surface area contributed by atoms with Crippen molar-refractivity contribution < 1.29 is 14.3 Å². The van der Waals surface area contributed by atoms with Gasteiger partial charge in [0.25, 0.3) is 0 Å². The molecule has 1 saturated heterocycles. The van der Waals surface area contributed by atoms with E-state index in [9.17, 15) is 9.59 Å². The second-order valence-electron chi connectivity index (χ2n) is 3.41. The lowest BCUT2D eigenvalue weighted by molar-refractivity contribution is -0.161. The Morgan fingerprint density at radius 2 is 2.38 bits per heavy atom. The summed E-state index contributed by atoms with van der Waals surface area (Å²) in [5.74, 6) is -0.621. The highest BCUT2D eigenvalue weighted by Crippen LogP contribution is 2.27. The summed E-state index contributed by atoms with van der Waals surface area (Å²) in [5, 5.41) is 2.67. The number of hydrogen-bond donors (Lipinski definition) is 1. The first-order valence-corrected chi connectivity index (χ1v) is 4.57. The van der Waals surface area contributed by atoms with Gasteiger partial charge in [-0.15, -0.1) is 0 Å². The quantitative estimate of drug-likeness (QED) is 0.502. The minimum Gasteiger partial charge on any atom is -0.465 e. The third-order valence-electron chi connectivity index (χ3n) is 2.37. The van der Waals surface area contributed by atoms with Gasteiger partial charge in [-0.25, -0.2) is 0 Å². The molecule has 13 heavy (non-hydrogen) atoms. The summed E-state index contributed by atoms with van der Waals surface area (Å²) in [4.78, 5) is 22.9. The Morgan fingerprint density at radius 1 is 1.69 bits per heavy atom. The van der Waals surface area contributed by atoms with E-state index in [4.69, 9.17) is 4.74 Å². The molecule has 0 aromatic rings. The van der Waals surface area contributed by atoms with Crippen molar-refractivity contribution in [3.05, 3.63) is 0 Å². The molecule has 1 aliphatic rings. The van der Waals surface area contributed by atoms with Crippen molar-refractivity contribution in [2.24, 2.45) is 5.41 Å². The third-order valence-corrected chi connectivity index (χ3v) is 2.37. The summed E-state index contributed by atoms with van der Waals surface area (Å²) >= 11 is 0. The maximum atomic E-state index is 11.4. The zero-order chi connectivity index (χ0) is 9.90. The maximum absolute atomic E-state index is 11.4. The first kappa shape index (κ1) is 10.0. The van der Waals surface area contributed by atoms with E-state index >= 15 is 0 Å². The molecule has 1 aliphatic heterocycles. The van der Waals surface area contributed by atoms with Crippen LogP contribution in [0.5, 0.6) is 0 Å². The number of esters is 1. The number of carbonyl (C=O) groups excluding carboxylic acids is 2. The van der Waals surface area contributed by atoms with Gasteiger partial charge in [0.15, 0.2) is 0 Å². The zero-order valence-corrected chi connectivity index (χ0v) is 8.05.